The van der Waals surface area contributed by atoms with Crippen LogP contribution in [0.15, 0.2) is 82.8 Å². The molecule has 0 spiro atoms. The molecule has 3 aromatic carbocycles. The first kappa shape index (κ1) is 29.8. The number of ether oxygens (including phenoxy) is 1. The summed E-state index contributed by atoms with van der Waals surface area (Å²) in [5.74, 6) is -0.369. The molecule has 3 N–H and O–H groups in total. The summed E-state index contributed by atoms with van der Waals surface area (Å²) in [5.41, 5.74) is 4.57. The second-order valence-electron chi connectivity index (χ2n) is 9.27. The zero-order valence-electron chi connectivity index (χ0n) is 21.8. The van der Waals surface area contributed by atoms with Gasteiger partial charge in [-0.1, -0.05) is 49.2 Å². The lowest BCUT2D eigenvalue weighted by Gasteiger charge is -2.19. The first-order chi connectivity index (χ1) is 18.5. The number of carbonyl (C=O) groups is 2. The van der Waals surface area contributed by atoms with Crippen LogP contribution in [0.3, 0.4) is 0 Å². The van der Waals surface area contributed by atoms with E-state index in [-0.39, 0.29) is 23.3 Å². The molecule has 0 heterocycles. The highest BCUT2D eigenvalue weighted by atomic mass is 35.5. The van der Waals surface area contributed by atoms with Gasteiger partial charge in [0.25, 0.3) is 11.8 Å². The Morgan fingerprint density at radius 1 is 1.03 bits per heavy atom. The largest absolute Gasteiger partial charge is 0.484 e. The summed E-state index contributed by atoms with van der Waals surface area (Å²) < 4.78 is 33.6. The van der Waals surface area contributed by atoms with Crippen LogP contribution < -0.4 is 20.2 Å². The van der Waals surface area contributed by atoms with Gasteiger partial charge < -0.3 is 10.1 Å². The smallest absolute Gasteiger partial charge is 0.262 e. The molecule has 0 aliphatic rings. The fourth-order valence-electron chi connectivity index (χ4n) is 3.46. The molecule has 206 valence electrons. The SMILES string of the molecule is Cc1ccc(S(=O)(=O)N[C@@H](CC(C)C)C(=O)N/N=C\c2ccc(OCC(=O)Nc3cccc(Cl)c3)cc2)cc1. The summed E-state index contributed by atoms with van der Waals surface area (Å²) in [5, 5.41) is 7.18. The minimum atomic E-state index is -3.89. The van der Waals surface area contributed by atoms with E-state index in [1.54, 1.807) is 60.7 Å². The van der Waals surface area contributed by atoms with Gasteiger partial charge >= 0.3 is 0 Å². The Morgan fingerprint density at radius 3 is 2.36 bits per heavy atom. The first-order valence-electron chi connectivity index (χ1n) is 12.2. The molecule has 2 amide bonds. The van der Waals surface area contributed by atoms with Crippen LogP contribution in [-0.2, 0) is 19.6 Å². The van der Waals surface area contributed by atoms with Crippen LogP contribution in [0.5, 0.6) is 5.75 Å². The number of aryl methyl sites for hydroxylation is 1. The van der Waals surface area contributed by atoms with Crippen LogP contribution in [0.4, 0.5) is 5.69 Å². The number of benzene rings is 3. The van der Waals surface area contributed by atoms with Crippen molar-refractivity contribution in [1.82, 2.24) is 10.1 Å². The molecule has 3 aromatic rings. The maximum Gasteiger partial charge on any atom is 0.262 e. The predicted octanol–water partition coefficient (Wildman–Crippen LogP) is 4.51. The van der Waals surface area contributed by atoms with E-state index in [1.807, 2.05) is 20.8 Å². The number of nitrogens with zero attached hydrogens (tertiary/aromatic N) is 1. The zero-order chi connectivity index (χ0) is 28.4. The van der Waals surface area contributed by atoms with Gasteiger partial charge in [-0.2, -0.15) is 9.82 Å². The van der Waals surface area contributed by atoms with E-state index >= 15 is 0 Å². The second-order valence-corrected chi connectivity index (χ2v) is 11.4. The van der Waals surface area contributed by atoms with E-state index in [2.05, 4.69) is 20.6 Å². The summed E-state index contributed by atoms with van der Waals surface area (Å²) in [7, 11) is -3.89. The maximum atomic E-state index is 12.8. The van der Waals surface area contributed by atoms with Crippen LogP contribution in [0.1, 0.15) is 31.4 Å². The van der Waals surface area contributed by atoms with Gasteiger partial charge in [0.15, 0.2) is 6.61 Å². The molecule has 0 bridgehead atoms. The van der Waals surface area contributed by atoms with Crippen LogP contribution >= 0.6 is 11.6 Å². The zero-order valence-corrected chi connectivity index (χ0v) is 23.4. The fourth-order valence-corrected chi connectivity index (χ4v) is 4.86. The molecule has 11 heteroatoms. The summed E-state index contributed by atoms with van der Waals surface area (Å²) in [6, 6.07) is 18.9. The second kappa shape index (κ2) is 13.9. The van der Waals surface area contributed by atoms with Crippen molar-refractivity contribution in [3.05, 3.63) is 88.9 Å². The van der Waals surface area contributed by atoms with Crippen molar-refractivity contribution in [2.45, 2.75) is 38.1 Å². The Labute approximate surface area is 233 Å². The third-order valence-electron chi connectivity index (χ3n) is 5.40. The molecule has 0 fully saturated rings. The number of amides is 2. The normalized spacial score (nSPS) is 12.3. The average molecular weight is 571 g/mol. The molecule has 0 aliphatic carbocycles. The maximum absolute atomic E-state index is 12.8. The van der Waals surface area contributed by atoms with E-state index in [9.17, 15) is 18.0 Å². The highest BCUT2D eigenvalue weighted by molar-refractivity contribution is 7.89. The van der Waals surface area contributed by atoms with Crippen LogP contribution in [0.25, 0.3) is 0 Å². The Hall–Kier alpha value is -3.73. The topological polar surface area (TPSA) is 126 Å². The minimum Gasteiger partial charge on any atom is -0.484 e. The third-order valence-corrected chi connectivity index (χ3v) is 7.12. The highest BCUT2D eigenvalue weighted by Crippen LogP contribution is 2.16. The molecule has 39 heavy (non-hydrogen) atoms. The number of anilines is 1. The van der Waals surface area contributed by atoms with Crippen molar-refractivity contribution in [2.75, 3.05) is 11.9 Å². The van der Waals surface area contributed by atoms with E-state index in [1.165, 1.54) is 18.3 Å². The lowest BCUT2D eigenvalue weighted by Crippen LogP contribution is -2.46. The summed E-state index contributed by atoms with van der Waals surface area (Å²) >= 11 is 5.91. The summed E-state index contributed by atoms with van der Waals surface area (Å²) in [6.07, 6.45) is 1.72. The number of hydrazone groups is 1. The molecule has 3 rings (SSSR count). The van der Waals surface area contributed by atoms with Crippen molar-refractivity contribution < 1.29 is 22.7 Å². The van der Waals surface area contributed by atoms with Gasteiger partial charge in [-0.05, 0) is 79.4 Å². The molecule has 1 atom stereocenters. The molecule has 0 aliphatic heterocycles. The minimum absolute atomic E-state index is 0.0607. The number of sulfonamides is 1. The number of hydrogen-bond donors (Lipinski definition) is 3. The molecule has 9 nitrogen and oxygen atoms in total. The standard InChI is InChI=1S/C28H31ClN4O5S/c1-19(2)15-26(33-39(36,37)25-13-7-20(3)8-14-25)28(35)32-30-17-21-9-11-24(12-10-21)38-18-27(34)31-23-6-4-5-22(29)16-23/h4-14,16-17,19,26,33H,15,18H2,1-3H3,(H,31,34)(H,32,35)/b30-17-/t26-/m0/s1. The van der Waals surface area contributed by atoms with Gasteiger partial charge in [-0.15, -0.1) is 0 Å². The number of halogens is 1. The first-order valence-corrected chi connectivity index (χ1v) is 14.1. The van der Waals surface area contributed by atoms with Gasteiger partial charge in [-0.3, -0.25) is 9.59 Å². The van der Waals surface area contributed by atoms with E-state index in [0.717, 1.165) is 5.56 Å². The van der Waals surface area contributed by atoms with Crippen molar-refractivity contribution >= 4 is 45.3 Å². The molecule has 0 saturated heterocycles. The van der Waals surface area contributed by atoms with Crippen molar-refractivity contribution in [2.24, 2.45) is 11.0 Å². The Bertz CT molecular complexity index is 1410. The van der Waals surface area contributed by atoms with Gasteiger partial charge in [0.2, 0.25) is 10.0 Å². The number of rotatable bonds is 12. The van der Waals surface area contributed by atoms with Gasteiger partial charge in [0.05, 0.1) is 11.1 Å². The molecular weight excluding hydrogens is 540 g/mol. The lowest BCUT2D eigenvalue weighted by atomic mass is 10.0. The lowest BCUT2D eigenvalue weighted by molar-refractivity contribution is -0.123. The third kappa shape index (κ3) is 9.82. The Morgan fingerprint density at radius 2 is 1.72 bits per heavy atom. The van der Waals surface area contributed by atoms with E-state index in [0.29, 0.717) is 28.4 Å². The van der Waals surface area contributed by atoms with Gasteiger partial charge in [0, 0.05) is 10.7 Å². The van der Waals surface area contributed by atoms with Crippen molar-refractivity contribution in [3.63, 3.8) is 0 Å². The average Bonchev–Trinajstić information content (AvgIpc) is 2.87. The predicted molar refractivity (Wildman–Crippen MR) is 152 cm³/mol. The fraction of sp³-hybridized carbons (Fsp3) is 0.250. The number of nitrogens with one attached hydrogen (secondary N) is 3. The van der Waals surface area contributed by atoms with Gasteiger partial charge in [0.1, 0.15) is 11.8 Å². The molecule has 0 radical (unpaired) electrons. The molecular formula is C28H31ClN4O5S. The Kier molecular flexibility index (Phi) is 10.6. The molecule has 0 unspecified atom stereocenters. The quantitative estimate of drug-likeness (QED) is 0.218. The summed E-state index contributed by atoms with van der Waals surface area (Å²) in [6.45, 7) is 5.47. The number of carbonyl (C=O) groups excluding carboxylic acids is 2. The van der Waals surface area contributed by atoms with Crippen molar-refractivity contribution in [1.29, 1.82) is 0 Å². The van der Waals surface area contributed by atoms with E-state index < -0.39 is 22.0 Å². The number of hydrogen-bond acceptors (Lipinski definition) is 6. The monoisotopic (exact) mass is 570 g/mol. The van der Waals surface area contributed by atoms with Gasteiger partial charge in [-0.25, -0.2) is 13.8 Å². The Balaban J connectivity index is 1.53. The summed E-state index contributed by atoms with van der Waals surface area (Å²) in [4.78, 5) is 24.9. The van der Waals surface area contributed by atoms with E-state index in [4.69, 9.17) is 16.3 Å². The van der Waals surface area contributed by atoms with Crippen LogP contribution in [0.2, 0.25) is 5.02 Å². The highest BCUT2D eigenvalue weighted by Gasteiger charge is 2.26. The van der Waals surface area contributed by atoms with Crippen LogP contribution in [-0.4, -0.2) is 39.1 Å². The van der Waals surface area contributed by atoms with Crippen molar-refractivity contribution in [3.8, 4) is 5.75 Å². The molecule has 0 aromatic heterocycles. The molecule has 0 saturated carbocycles. The van der Waals surface area contributed by atoms with Crippen LogP contribution in [0, 0.1) is 12.8 Å².